The summed E-state index contributed by atoms with van der Waals surface area (Å²) in [6.07, 6.45) is -0.104. The Hall–Kier alpha value is -2.51. The number of nitrogens with zero attached hydrogens (tertiary/aromatic N) is 2. The van der Waals surface area contributed by atoms with Crippen LogP contribution in [0.5, 0.6) is 0 Å². The zero-order chi connectivity index (χ0) is 14.9. The van der Waals surface area contributed by atoms with Crippen LogP contribution in [0.1, 0.15) is 12.0 Å². The minimum Gasteiger partial charge on any atom is -0.481 e. The molecule has 1 aliphatic rings. The number of carbonyl (C=O) groups excluding carboxylic acids is 1. The van der Waals surface area contributed by atoms with Crippen LogP contribution in [-0.2, 0) is 16.1 Å². The summed E-state index contributed by atoms with van der Waals surface area (Å²) in [5, 5.41) is 19.5. The van der Waals surface area contributed by atoms with E-state index >= 15 is 0 Å². The molecule has 1 N–H and O–H groups in total. The van der Waals surface area contributed by atoms with Crippen molar-refractivity contribution < 1.29 is 24.0 Å². The first-order valence-electron chi connectivity index (χ1n) is 5.81. The monoisotopic (exact) mass is 282 g/mol. The minimum atomic E-state index is -1.06. The first-order valence-corrected chi connectivity index (χ1v) is 5.81. The molecule has 106 valence electrons. The smallest absolute Gasteiger partial charge is 0.308 e. The molecule has 0 aromatic heterocycles. The first-order chi connectivity index (χ1) is 9.36. The van der Waals surface area contributed by atoms with Gasteiger partial charge in [0, 0.05) is 25.6 Å². The Labute approximate surface area is 112 Å². The van der Waals surface area contributed by atoms with Gasteiger partial charge in [-0.3, -0.25) is 19.7 Å². The van der Waals surface area contributed by atoms with E-state index in [4.69, 9.17) is 5.11 Å². The number of carboxylic acids is 1. The fraction of sp³-hybridized carbons (Fsp3) is 0.333. The van der Waals surface area contributed by atoms with Gasteiger partial charge in [-0.2, -0.15) is 0 Å². The summed E-state index contributed by atoms with van der Waals surface area (Å²) in [6.45, 7) is -0.0142. The van der Waals surface area contributed by atoms with Crippen molar-refractivity contribution in [1.82, 2.24) is 4.90 Å². The van der Waals surface area contributed by atoms with E-state index in [0.717, 1.165) is 12.1 Å². The fourth-order valence-electron chi connectivity index (χ4n) is 2.14. The number of carbonyl (C=O) groups is 2. The summed E-state index contributed by atoms with van der Waals surface area (Å²) in [5.74, 6) is -2.97. The molecule has 1 heterocycles. The van der Waals surface area contributed by atoms with Crippen molar-refractivity contribution in [3.63, 3.8) is 0 Å². The number of hydrogen-bond acceptors (Lipinski definition) is 4. The first kappa shape index (κ1) is 13.9. The van der Waals surface area contributed by atoms with Gasteiger partial charge in [0.25, 0.3) is 5.69 Å². The van der Waals surface area contributed by atoms with Crippen LogP contribution in [0.4, 0.5) is 10.1 Å². The van der Waals surface area contributed by atoms with E-state index in [0.29, 0.717) is 0 Å². The summed E-state index contributed by atoms with van der Waals surface area (Å²) in [7, 11) is 0. The van der Waals surface area contributed by atoms with Crippen LogP contribution in [0, 0.1) is 21.8 Å². The average molecular weight is 282 g/mol. The Morgan fingerprint density at radius 3 is 2.75 bits per heavy atom. The Bertz CT molecular complexity index is 589. The van der Waals surface area contributed by atoms with E-state index in [2.05, 4.69) is 0 Å². The molecule has 1 amide bonds. The molecule has 20 heavy (non-hydrogen) atoms. The van der Waals surface area contributed by atoms with Crippen LogP contribution < -0.4 is 0 Å². The zero-order valence-electron chi connectivity index (χ0n) is 10.3. The number of likely N-dealkylation sites (tertiary alicyclic amines) is 1. The molecule has 1 unspecified atom stereocenters. The van der Waals surface area contributed by atoms with Crippen molar-refractivity contribution in [1.29, 1.82) is 0 Å². The molecule has 0 spiro atoms. The standard InChI is InChI=1S/C12H11FN2O5/c13-9-1-7(2-10(4-9)15(19)20)5-14-6-8(12(17)18)3-11(14)16/h1-2,4,8H,3,5-6H2,(H,17,18). The molecule has 0 radical (unpaired) electrons. The van der Waals surface area contributed by atoms with Crippen molar-refractivity contribution in [3.8, 4) is 0 Å². The number of rotatable bonds is 4. The number of hydrogen-bond donors (Lipinski definition) is 1. The molecule has 1 fully saturated rings. The normalized spacial score (nSPS) is 18.4. The van der Waals surface area contributed by atoms with Gasteiger partial charge in [-0.1, -0.05) is 0 Å². The van der Waals surface area contributed by atoms with Gasteiger partial charge in [-0.25, -0.2) is 4.39 Å². The number of nitro benzene ring substituents is 1. The van der Waals surface area contributed by atoms with Crippen LogP contribution in [0.2, 0.25) is 0 Å². The molecule has 2 rings (SSSR count). The maximum Gasteiger partial charge on any atom is 0.308 e. The summed E-state index contributed by atoms with van der Waals surface area (Å²) >= 11 is 0. The highest BCUT2D eigenvalue weighted by molar-refractivity contribution is 5.86. The molecule has 8 heteroatoms. The minimum absolute atomic E-state index is 0.0263. The van der Waals surface area contributed by atoms with Gasteiger partial charge in [-0.05, 0) is 11.6 Å². The van der Waals surface area contributed by atoms with E-state index in [9.17, 15) is 24.1 Å². The number of halogens is 1. The Morgan fingerprint density at radius 1 is 1.50 bits per heavy atom. The largest absolute Gasteiger partial charge is 0.481 e. The second-order valence-electron chi connectivity index (χ2n) is 4.59. The predicted octanol–water partition coefficient (Wildman–Crippen LogP) is 1.17. The Balaban J connectivity index is 2.16. The lowest BCUT2D eigenvalue weighted by molar-refractivity contribution is -0.385. The third kappa shape index (κ3) is 2.90. The zero-order valence-corrected chi connectivity index (χ0v) is 10.3. The van der Waals surface area contributed by atoms with Gasteiger partial charge in [0.2, 0.25) is 5.91 Å². The summed E-state index contributed by atoms with van der Waals surface area (Å²) < 4.78 is 13.3. The second-order valence-corrected chi connectivity index (χ2v) is 4.59. The molecule has 1 saturated heterocycles. The van der Waals surface area contributed by atoms with E-state index in [-0.39, 0.29) is 31.0 Å². The third-order valence-corrected chi connectivity index (χ3v) is 3.09. The quantitative estimate of drug-likeness (QED) is 0.659. The van der Waals surface area contributed by atoms with Gasteiger partial charge in [0.15, 0.2) is 0 Å². The fourth-order valence-corrected chi connectivity index (χ4v) is 2.14. The van der Waals surface area contributed by atoms with Crippen LogP contribution in [0.15, 0.2) is 18.2 Å². The second kappa shape index (κ2) is 5.24. The summed E-state index contributed by atoms with van der Waals surface area (Å²) in [6, 6.07) is 3.05. The van der Waals surface area contributed by atoms with Gasteiger partial charge >= 0.3 is 5.97 Å². The van der Waals surface area contributed by atoms with Crippen molar-refractivity contribution in [2.45, 2.75) is 13.0 Å². The lowest BCUT2D eigenvalue weighted by atomic mass is 10.1. The van der Waals surface area contributed by atoms with E-state index < -0.39 is 28.3 Å². The van der Waals surface area contributed by atoms with Gasteiger partial charge in [0.05, 0.1) is 16.9 Å². The summed E-state index contributed by atoms with van der Waals surface area (Å²) in [4.78, 5) is 33.6. The lowest BCUT2D eigenvalue weighted by Crippen LogP contribution is -2.25. The SMILES string of the molecule is O=C(O)C1CC(=O)N(Cc2cc(F)cc([N+](=O)[O-])c2)C1. The van der Waals surface area contributed by atoms with E-state index in [1.165, 1.54) is 11.0 Å². The Kier molecular flexibility index (Phi) is 3.64. The highest BCUT2D eigenvalue weighted by Crippen LogP contribution is 2.23. The number of non-ortho nitro benzene ring substituents is 1. The third-order valence-electron chi connectivity index (χ3n) is 3.09. The maximum atomic E-state index is 13.3. The van der Waals surface area contributed by atoms with E-state index in [1.807, 2.05) is 0 Å². The number of nitro groups is 1. The molecule has 1 aliphatic heterocycles. The highest BCUT2D eigenvalue weighted by Gasteiger charge is 2.34. The number of aliphatic carboxylic acids is 1. The molecular formula is C12H11FN2O5. The number of carboxylic acid groups (broad SMARTS) is 1. The molecule has 0 saturated carbocycles. The number of benzene rings is 1. The molecule has 1 atom stereocenters. The van der Waals surface area contributed by atoms with Crippen LogP contribution in [0.25, 0.3) is 0 Å². The molecule has 1 aromatic carbocycles. The number of amides is 1. The van der Waals surface area contributed by atoms with Crippen molar-refractivity contribution >= 4 is 17.6 Å². The van der Waals surface area contributed by atoms with Crippen LogP contribution >= 0.6 is 0 Å². The van der Waals surface area contributed by atoms with Crippen molar-refractivity contribution in [2.24, 2.45) is 5.92 Å². The molecule has 1 aromatic rings. The summed E-state index contributed by atoms with van der Waals surface area (Å²) in [5.41, 5.74) is -0.141. The Morgan fingerprint density at radius 2 is 2.20 bits per heavy atom. The van der Waals surface area contributed by atoms with E-state index in [1.54, 1.807) is 0 Å². The predicted molar refractivity (Wildman–Crippen MR) is 64.2 cm³/mol. The molecule has 0 aliphatic carbocycles. The van der Waals surface area contributed by atoms with Crippen molar-refractivity contribution in [3.05, 3.63) is 39.7 Å². The molecule has 0 bridgehead atoms. The molecule has 7 nitrogen and oxygen atoms in total. The van der Waals surface area contributed by atoms with Gasteiger partial charge in [-0.15, -0.1) is 0 Å². The van der Waals surface area contributed by atoms with Crippen LogP contribution in [0.3, 0.4) is 0 Å². The topological polar surface area (TPSA) is 101 Å². The van der Waals surface area contributed by atoms with Crippen LogP contribution in [-0.4, -0.2) is 33.4 Å². The van der Waals surface area contributed by atoms with Gasteiger partial charge < -0.3 is 10.0 Å². The molecular weight excluding hydrogens is 271 g/mol. The highest BCUT2D eigenvalue weighted by atomic mass is 19.1. The van der Waals surface area contributed by atoms with Gasteiger partial charge in [0.1, 0.15) is 5.82 Å². The lowest BCUT2D eigenvalue weighted by Gasteiger charge is -2.15. The average Bonchev–Trinajstić information content (AvgIpc) is 2.70. The maximum absolute atomic E-state index is 13.3. The van der Waals surface area contributed by atoms with Crippen molar-refractivity contribution in [2.75, 3.05) is 6.54 Å².